The summed E-state index contributed by atoms with van der Waals surface area (Å²) < 4.78 is 0. The Kier molecular flexibility index (Phi) is 3.33. The Hall–Kier alpha value is -1.16. The van der Waals surface area contributed by atoms with Crippen LogP contribution in [0.5, 0.6) is 0 Å². The highest BCUT2D eigenvalue weighted by Gasteiger charge is 2.64. The standard InChI is InChI=1S/C15H23N3S/c1-9-6-7-17-13(11(9)12(16)19)18-8-10-14(2,3)15(10,4)5/h6-7,10H,8H2,1-5H3,(H2,16,19)(H,17,18). The average Bonchev–Trinajstić information content (AvgIpc) is 2.66. The highest BCUT2D eigenvalue weighted by molar-refractivity contribution is 7.80. The first kappa shape index (κ1) is 14.3. The fourth-order valence-corrected chi connectivity index (χ4v) is 3.30. The van der Waals surface area contributed by atoms with E-state index in [1.807, 2.05) is 13.0 Å². The lowest BCUT2D eigenvalue weighted by atomic mass is 10.0. The van der Waals surface area contributed by atoms with Gasteiger partial charge in [-0.1, -0.05) is 39.9 Å². The van der Waals surface area contributed by atoms with Gasteiger partial charge in [0, 0.05) is 12.7 Å². The van der Waals surface area contributed by atoms with E-state index in [0.717, 1.165) is 23.5 Å². The summed E-state index contributed by atoms with van der Waals surface area (Å²) in [6, 6.07) is 1.94. The zero-order chi connectivity index (χ0) is 14.4. The van der Waals surface area contributed by atoms with Crippen molar-refractivity contribution < 1.29 is 0 Å². The molecule has 2 rings (SSSR count). The molecule has 1 aliphatic rings. The van der Waals surface area contributed by atoms with Crippen molar-refractivity contribution in [2.45, 2.75) is 34.6 Å². The van der Waals surface area contributed by atoms with Crippen LogP contribution >= 0.6 is 12.2 Å². The molecular formula is C15H23N3S. The molecule has 19 heavy (non-hydrogen) atoms. The lowest BCUT2D eigenvalue weighted by molar-refractivity contribution is 0.457. The lowest BCUT2D eigenvalue weighted by Crippen LogP contribution is -2.18. The van der Waals surface area contributed by atoms with Crippen LogP contribution in [0.3, 0.4) is 0 Å². The summed E-state index contributed by atoms with van der Waals surface area (Å²) in [6.07, 6.45) is 1.79. The van der Waals surface area contributed by atoms with Crippen molar-refractivity contribution in [3.63, 3.8) is 0 Å². The van der Waals surface area contributed by atoms with E-state index in [9.17, 15) is 0 Å². The number of aromatic nitrogens is 1. The minimum Gasteiger partial charge on any atom is -0.389 e. The number of thiocarbonyl (C=S) groups is 1. The van der Waals surface area contributed by atoms with Crippen molar-refractivity contribution in [2.75, 3.05) is 11.9 Å². The molecule has 0 aromatic carbocycles. The normalized spacial score (nSPS) is 20.1. The van der Waals surface area contributed by atoms with Crippen molar-refractivity contribution in [3.05, 3.63) is 23.4 Å². The topological polar surface area (TPSA) is 50.9 Å². The molecule has 0 unspecified atom stereocenters. The van der Waals surface area contributed by atoms with Gasteiger partial charge in [-0.15, -0.1) is 0 Å². The zero-order valence-corrected chi connectivity index (χ0v) is 13.2. The van der Waals surface area contributed by atoms with E-state index < -0.39 is 0 Å². The molecule has 0 atom stereocenters. The van der Waals surface area contributed by atoms with Gasteiger partial charge in [0.25, 0.3) is 0 Å². The zero-order valence-electron chi connectivity index (χ0n) is 12.4. The number of hydrogen-bond donors (Lipinski definition) is 2. The summed E-state index contributed by atoms with van der Waals surface area (Å²) in [7, 11) is 0. The van der Waals surface area contributed by atoms with Crippen LogP contribution in [0.15, 0.2) is 12.3 Å². The van der Waals surface area contributed by atoms with Gasteiger partial charge in [-0.3, -0.25) is 0 Å². The fraction of sp³-hybridized carbons (Fsp3) is 0.600. The highest BCUT2D eigenvalue weighted by atomic mass is 32.1. The molecule has 0 amide bonds. The molecule has 1 fully saturated rings. The van der Waals surface area contributed by atoms with Crippen LogP contribution < -0.4 is 11.1 Å². The molecule has 104 valence electrons. The Morgan fingerprint density at radius 3 is 2.42 bits per heavy atom. The van der Waals surface area contributed by atoms with Gasteiger partial charge < -0.3 is 11.1 Å². The number of nitrogens with one attached hydrogen (secondary N) is 1. The smallest absolute Gasteiger partial charge is 0.136 e. The molecule has 1 aromatic heterocycles. The molecule has 1 aromatic rings. The fourth-order valence-electron chi connectivity index (χ4n) is 3.05. The van der Waals surface area contributed by atoms with Crippen molar-refractivity contribution in [1.82, 2.24) is 4.98 Å². The molecule has 1 aliphatic carbocycles. The van der Waals surface area contributed by atoms with Crippen LogP contribution in [-0.4, -0.2) is 16.5 Å². The molecule has 4 heteroatoms. The van der Waals surface area contributed by atoms with E-state index in [2.05, 4.69) is 38.0 Å². The first-order valence-electron chi connectivity index (χ1n) is 6.69. The summed E-state index contributed by atoms with van der Waals surface area (Å²) in [5.74, 6) is 1.45. The first-order chi connectivity index (χ1) is 8.69. The molecule has 3 nitrogen and oxygen atoms in total. The summed E-state index contributed by atoms with van der Waals surface area (Å²) in [5.41, 5.74) is 8.47. The maximum absolute atomic E-state index is 5.80. The maximum atomic E-state index is 5.80. The lowest BCUT2D eigenvalue weighted by Gasteiger charge is -2.13. The molecule has 0 aliphatic heterocycles. The second-order valence-corrected chi connectivity index (χ2v) is 7.03. The van der Waals surface area contributed by atoms with E-state index in [1.165, 1.54) is 0 Å². The highest BCUT2D eigenvalue weighted by Crippen LogP contribution is 2.68. The average molecular weight is 277 g/mol. The van der Waals surface area contributed by atoms with E-state index in [-0.39, 0.29) is 0 Å². The molecule has 1 heterocycles. The van der Waals surface area contributed by atoms with Crippen LogP contribution in [-0.2, 0) is 0 Å². The van der Waals surface area contributed by atoms with Crippen molar-refractivity contribution >= 4 is 23.0 Å². The minimum atomic E-state index is 0.368. The van der Waals surface area contributed by atoms with Gasteiger partial charge in [-0.05, 0) is 35.3 Å². The first-order valence-corrected chi connectivity index (χ1v) is 7.09. The van der Waals surface area contributed by atoms with Gasteiger partial charge in [-0.2, -0.15) is 0 Å². The number of anilines is 1. The Bertz CT molecular complexity index is 506. The summed E-state index contributed by atoms with van der Waals surface area (Å²) in [6.45, 7) is 12.2. The molecule has 0 saturated heterocycles. The molecule has 0 radical (unpaired) electrons. The summed E-state index contributed by atoms with van der Waals surface area (Å²) in [5, 5.41) is 3.43. The van der Waals surface area contributed by atoms with Crippen LogP contribution in [0.1, 0.15) is 38.8 Å². The molecule has 3 N–H and O–H groups in total. The van der Waals surface area contributed by atoms with Crippen LogP contribution in [0.25, 0.3) is 0 Å². The number of hydrogen-bond acceptors (Lipinski definition) is 3. The third-order valence-corrected chi connectivity index (χ3v) is 5.40. The van der Waals surface area contributed by atoms with Gasteiger partial charge in [0.15, 0.2) is 0 Å². The number of pyridine rings is 1. The molecule has 0 spiro atoms. The van der Waals surface area contributed by atoms with Crippen molar-refractivity contribution in [3.8, 4) is 0 Å². The number of rotatable bonds is 4. The van der Waals surface area contributed by atoms with Gasteiger partial charge in [0.2, 0.25) is 0 Å². The molecule has 0 bridgehead atoms. The van der Waals surface area contributed by atoms with Gasteiger partial charge in [0.1, 0.15) is 10.8 Å². The molecule has 1 saturated carbocycles. The van der Waals surface area contributed by atoms with E-state index in [0.29, 0.717) is 21.7 Å². The number of nitrogens with two attached hydrogens (primary N) is 1. The van der Waals surface area contributed by atoms with Gasteiger partial charge in [-0.25, -0.2) is 4.98 Å². The third-order valence-electron chi connectivity index (χ3n) is 5.20. The van der Waals surface area contributed by atoms with Crippen LogP contribution in [0.4, 0.5) is 5.82 Å². The van der Waals surface area contributed by atoms with Crippen molar-refractivity contribution in [2.24, 2.45) is 22.5 Å². The number of nitrogens with zero attached hydrogens (tertiary/aromatic N) is 1. The van der Waals surface area contributed by atoms with Gasteiger partial charge >= 0.3 is 0 Å². The minimum absolute atomic E-state index is 0.368. The summed E-state index contributed by atoms with van der Waals surface area (Å²) in [4.78, 5) is 4.78. The Morgan fingerprint density at radius 2 is 1.95 bits per heavy atom. The van der Waals surface area contributed by atoms with E-state index >= 15 is 0 Å². The quantitative estimate of drug-likeness (QED) is 0.830. The Balaban J connectivity index is 2.14. The predicted molar refractivity (Wildman–Crippen MR) is 84.4 cm³/mol. The second-order valence-electron chi connectivity index (χ2n) is 6.59. The van der Waals surface area contributed by atoms with E-state index in [4.69, 9.17) is 18.0 Å². The molecular weight excluding hydrogens is 254 g/mol. The van der Waals surface area contributed by atoms with Gasteiger partial charge in [0.05, 0.1) is 5.56 Å². The Morgan fingerprint density at radius 1 is 1.37 bits per heavy atom. The Labute approximate surface area is 121 Å². The third kappa shape index (κ3) is 2.22. The van der Waals surface area contributed by atoms with Crippen molar-refractivity contribution in [1.29, 1.82) is 0 Å². The van der Waals surface area contributed by atoms with Crippen LogP contribution in [0.2, 0.25) is 0 Å². The predicted octanol–water partition coefficient (Wildman–Crippen LogP) is 3.12. The second kappa shape index (κ2) is 4.44. The monoisotopic (exact) mass is 277 g/mol. The van der Waals surface area contributed by atoms with Crippen LogP contribution in [0, 0.1) is 23.7 Å². The van der Waals surface area contributed by atoms with E-state index in [1.54, 1.807) is 6.20 Å². The summed E-state index contributed by atoms with van der Waals surface area (Å²) >= 11 is 5.12. The largest absolute Gasteiger partial charge is 0.389 e. The SMILES string of the molecule is Cc1ccnc(NCC2C(C)(C)C2(C)C)c1C(N)=S. The maximum Gasteiger partial charge on any atom is 0.136 e. The number of aryl methyl sites for hydroxylation is 1.